The summed E-state index contributed by atoms with van der Waals surface area (Å²) in [6.45, 7) is 1.90. The predicted octanol–water partition coefficient (Wildman–Crippen LogP) is -0.453. The molecule has 1 aliphatic heterocycles. The Morgan fingerprint density at radius 3 is 2.17 bits per heavy atom. The first-order chi connectivity index (χ1) is 26.5. The van der Waals surface area contributed by atoms with Crippen molar-refractivity contribution < 1.29 is 86.0 Å². The number of nitrogens with one attached hydrogen (secondary N) is 2. The van der Waals surface area contributed by atoms with Crippen molar-refractivity contribution in [3.63, 3.8) is 0 Å². The average molecular weight is 906 g/mol. The van der Waals surface area contributed by atoms with Gasteiger partial charge in [0.25, 0.3) is 0 Å². The van der Waals surface area contributed by atoms with Gasteiger partial charge in [0.2, 0.25) is 11.8 Å². The van der Waals surface area contributed by atoms with E-state index >= 15 is 0 Å². The Morgan fingerprint density at radius 2 is 1.59 bits per heavy atom. The van der Waals surface area contributed by atoms with Crippen LogP contribution in [0.15, 0.2) is 49.1 Å². The summed E-state index contributed by atoms with van der Waals surface area (Å²) in [6, 6.07) is 12.0. The number of phosphoric ester groups is 3. The van der Waals surface area contributed by atoms with Crippen molar-refractivity contribution in [2.75, 3.05) is 37.8 Å². The molecule has 4 rings (SSSR count). The SMILES string of the molecule is CC(=O)SCCNC(=O)CCNC(=O)C(O)C(C)(C)COP(=O)(O)OP(=O)(O)OC[C@H]1O[C@@H](n2cnc3c(N)ncnc32)[C@H](O)[C@@H]1OP(=O)(O)O.O.c1ccccc1. The summed E-state index contributed by atoms with van der Waals surface area (Å²) >= 11 is 1.03. The molecular weight excluding hydrogens is 859 g/mol. The smallest absolute Gasteiger partial charge is 0.412 e. The van der Waals surface area contributed by atoms with Crippen LogP contribution in [0.1, 0.15) is 33.4 Å². The fraction of sp³-hybridized carbons (Fsp3) is 0.517. The number of nitrogens with zero attached hydrogens (tertiary/aromatic N) is 4. The van der Waals surface area contributed by atoms with Crippen molar-refractivity contribution in [3.8, 4) is 0 Å². The third-order valence-electron chi connectivity index (χ3n) is 7.47. The van der Waals surface area contributed by atoms with Crippen molar-refractivity contribution in [3.05, 3.63) is 49.1 Å². The summed E-state index contributed by atoms with van der Waals surface area (Å²) in [5, 5.41) is 26.1. The Kier molecular flexibility index (Phi) is 19.6. The molecule has 58 heavy (non-hydrogen) atoms. The molecule has 2 amide bonds. The lowest BCUT2D eigenvalue weighted by atomic mass is 9.87. The summed E-state index contributed by atoms with van der Waals surface area (Å²) in [5.74, 6) is -1.08. The van der Waals surface area contributed by atoms with Gasteiger partial charge >= 0.3 is 23.5 Å². The predicted molar refractivity (Wildman–Crippen MR) is 203 cm³/mol. The lowest BCUT2D eigenvalue weighted by Gasteiger charge is -2.30. The maximum atomic E-state index is 12.6. The Balaban J connectivity index is 0.00000151. The minimum atomic E-state index is -5.56. The van der Waals surface area contributed by atoms with E-state index in [-0.39, 0.29) is 47.1 Å². The van der Waals surface area contributed by atoms with Gasteiger partial charge in [-0.15, -0.1) is 0 Å². The maximum absolute atomic E-state index is 12.6. The van der Waals surface area contributed by atoms with E-state index in [4.69, 9.17) is 19.5 Å². The van der Waals surface area contributed by atoms with Crippen molar-refractivity contribution in [1.29, 1.82) is 0 Å². The van der Waals surface area contributed by atoms with Crippen LogP contribution < -0.4 is 16.4 Å². The number of amides is 2. The molecule has 29 heteroatoms. The molecule has 0 bridgehead atoms. The zero-order valence-electron chi connectivity index (χ0n) is 31.0. The normalized spacial score (nSPS) is 20.7. The molecule has 0 aliphatic carbocycles. The third kappa shape index (κ3) is 16.4. The number of benzene rings is 1. The van der Waals surface area contributed by atoms with E-state index in [1.54, 1.807) is 0 Å². The fourth-order valence-electron chi connectivity index (χ4n) is 4.71. The minimum Gasteiger partial charge on any atom is -0.412 e. The van der Waals surface area contributed by atoms with Gasteiger partial charge in [-0.2, -0.15) is 4.31 Å². The second-order valence-corrected chi connectivity index (χ2v) is 18.1. The molecule has 1 fully saturated rings. The number of thioether (sulfide) groups is 1. The van der Waals surface area contributed by atoms with Gasteiger partial charge < -0.3 is 56.4 Å². The molecule has 1 aromatic carbocycles. The number of anilines is 1. The number of carbonyl (C=O) groups is 3. The van der Waals surface area contributed by atoms with Crippen molar-refractivity contribution in [2.24, 2.45) is 5.41 Å². The molecule has 7 atom stereocenters. The molecule has 326 valence electrons. The quantitative estimate of drug-likeness (QED) is 0.0543. The molecule has 1 saturated heterocycles. The average Bonchev–Trinajstić information content (AvgIpc) is 3.69. The van der Waals surface area contributed by atoms with E-state index in [0.717, 1.165) is 29.0 Å². The van der Waals surface area contributed by atoms with E-state index in [1.807, 2.05) is 36.4 Å². The number of imidazole rings is 1. The van der Waals surface area contributed by atoms with Gasteiger partial charge in [0, 0.05) is 37.6 Å². The van der Waals surface area contributed by atoms with E-state index < -0.39 is 84.6 Å². The number of aliphatic hydroxyl groups is 2. The molecule has 12 N–H and O–H groups in total. The largest absolute Gasteiger partial charge is 0.481 e. The van der Waals surface area contributed by atoms with Crippen LogP contribution in [0.5, 0.6) is 0 Å². The molecule has 3 unspecified atom stereocenters. The van der Waals surface area contributed by atoms with Gasteiger partial charge in [0.05, 0.1) is 19.5 Å². The number of phosphoric acid groups is 3. The number of hydrogen-bond donors (Lipinski definition) is 9. The standard InChI is InChI=1S/C23H38N7O17P3S.C6H6.H2O/c1-12(31)51-7-6-25-14(32)4-5-26-21(35)18(34)23(2,3)9-44-50(41,42)47-49(39,40)43-8-13-17(46-48(36,37)38)16(33)22(45-13)30-11-29-15-19(24)27-10-28-20(15)30;1-2-4-6-5-3-1;/h10-11,13,16-18,22,33-34H,4-9H2,1-3H3,(H,25,32)(H,26,35)(H,39,40)(H,41,42)(H2,24,27,28)(H2,36,37,38);1-6H;1H2/t13-,16-,17-,18?,22-;;/m1../s1. The van der Waals surface area contributed by atoms with Crippen molar-refractivity contribution in [2.45, 2.75) is 57.8 Å². The van der Waals surface area contributed by atoms with Crippen LogP contribution in [-0.4, -0.2) is 128 Å². The summed E-state index contributed by atoms with van der Waals surface area (Å²) < 4.78 is 61.8. The molecule has 25 nitrogen and oxygen atoms in total. The number of rotatable bonds is 19. The summed E-state index contributed by atoms with van der Waals surface area (Å²) in [7, 11) is -16.4. The number of nitrogens with two attached hydrogens (primary N) is 1. The molecule has 3 heterocycles. The monoisotopic (exact) mass is 905 g/mol. The van der Waals surface area contributed by atoms with Crippen LogP contribution in [0.25, 0.3) is 11.2 Å². The van der Waals surface area contributed by atoms with Gasteiger partial charge in [-0.3, -0.25) is 32.5 Å². The number of hydrogen-bond acceptors (Lipinski definition) is 18. The van der Waals surface area contributed by atoms with Crippen LogP contribution in [-0.2, 0) is 50.7 Å². The zero-order chi connectivity index (χ0) is 42.6. The van der Waals surface area contributed by atoms with Gasteiger partial charge in [-0.05, 0) is 0 Å². The van der Waals surface area contributed by atoms with E-state index in [2.05, 4.69) is 34.4 Å². The topological polar surface area (TPSA) is 395 Å². The number of fused-ring (bicyclic) bond motifs is 1. The lowest BCUT2D eigenvalue weighted by molar-refractivity contribution is -0.137. The molecular formula is C29H46N7O18P3S. The minimum absolute atomic E-state index is 0. The van der Waals surface area contributed by atoms with Crippen molar-refractivity contribution >= 4 is 69.1 Å². The zero-order valence-corrected chi connectivity index (χ0v) is 34.5. The van der Waals surface area contributed by atoms with Gasteiger partial charge in [0.15, 0.2) is 22.8 Å². The first kappa shape index (κ1) is 50.9. The molecule has 0 spiro atoms. The summed E-state index contributed by atoms with van der Waals surface area (Å²) in [4.78, 5) is 85.9. The Bertz CT molecular complexity index is 1930. The second-order valence-electron chi connectivity index (χ2n) is 12.6. The number of carbonyl (C=O) groups excluding carboxylic acids is 3. The van der Waals surface area contributed by atoms with Gasteiger partial charge in [-0.1, -0.05) is 62.0 Å². The van der Waals surface area contributed by atoms with E-state index in [1.165, 1.54) is 20.8 Å². The Morgan fingerprint density at radius 1 is 0.983 bits per heavy atom. The number of aromatic nitrogens is 4. The molecule has 1 aliphatic rings. The molecule has 0 saturated carbocycles. The van der Waals surface area contributed by atoms with Crippen molar-refractivity contribution in [1.82, 2.24) is 30.2 Å². The highest BCUT2D eigenvalue weighted by molar-refractivity contribution is 8.13. The highest BCUT2D eigenvalue weighted by atomic mass is 32.2. The maximum Gasteiger partial charge on any atom is 0.481 e. The van der Waals surface area contributed by atoms with Gasteiger partial charge in [0.1, 0.15) is 36.3 Å². The number of ether oxygens (including phenoxy) is 1. The molecule has 0 radical (unpaired) electrons. The molecule has 3 aromatic rings. The van der Waals surface area contributed by atoms with E-state index in [0.29, 0.717) is 5.75 Å². The van der Waals surface area contributed by atoms with Gasteiger partial charge in [-0.25, -0.2) is 28.6 Å². The van der Waals surface area contributed by atoms with Crippen LogP contribution in [0.2, 0.25) is 0 Å². The van der Waals surface area contributed by atoms with Crippen LogP contribution in [0.4, 0.5) is 5.82 Å². The summed E-state index contributed by atoms with van der Waals surface area (Å²) in [6.07, 6.45) is -6.88. The van der Waals surface area contributed by atoms with Crippen LogP contribution in [0, 0.1) is 5.41 Å². The number of nitrogen functional groups attached to an aromatic ring is 1. The second kappa shape index (κ2) is 22.4. The highest BCUT2D eigenvalue weighted by Crippen LogP contribution is 2.61. The Labute approximate surface area is 334 Å². The summed E-state index contributed by atoms with van der Waals surface area (Å²) in [5.41, 5.74) is 4.26. The van der Waals surface area contributed by atoms with Crippen LogP contribution in [0.3, 0.4) is 0 Å². The molecule has 2 aromatic heterocycles. The first-order valence-corrected chi connectivity index (χ1v) is 22.0. The lowest BCUT2D eigenvalue weighted by Crippen LogP contribution is -2.46. The van der Waals surface area contributed by atoms with Crippen LogP contribution >= 0.6 is 35.2 Å². The first-order valence-electron chi connectivity index (χ1n) is 16.5. The number of aliphatic hydroxyl groups excluding tert-OH is 2. The van der Waals surface area contributed by atoms with E-state index in [9.17, 15) is 57.9 Å². The highest BCUT2D eigenvalue weighted by Gasteiger charge is 2.50. The Hall–Kier alpha value is -3.26. The third-order valence-corrected chi connectivity index (χ3v) is 11.4. The fourth-order valence-corrected chi connectivity index (χ4v) is 8.03.